The number of methoxy groups -OCH3 is 1. The third-order valence-electron chi connectivity index (χ3n) is 3.51. The molecule has 1 aliphatic rings. The first-order valence-electron chi connectivity index (χ1n) is 7.12. The molecule has 6 nitrogen and oxygen atoms in total. The second-order valence-corrected chi connectivity index (χ2v) is 4.94. The number of benzene rings is 1. The zero-order valence-electron chi connectivity index (χ0n) is 12.0. The molecule has 0 amide bonds. The number of fused-ring (bicyclic) bond motifs is 1. The Morgan fingerprint density at radius 2 is 2.29 bits per heavy atom. The summed E-state index contributed by atoms with van der Waals surface area (Å²) in [6.07, 6.45) is 0.868. The van der Waals surface area contributed by atoms with Crippen LogP contribution in [0.2, 0.25) is 0 Å². The molecule has 112 valence electrons. The van der Waals surface area contributed by atoms with Crippen LogP contribution in [0.25, 0.3) is 0 Å². The molecule has 1 aromatic carbocycles. The van der Waals surface area contributed by atoms with Gasteiger partial charge in [0, 0.05) is 19.2 Å². The maximum atomic E-state index is 5.66. The molecule has 2 heterocycles. The van der Waals surface area contributed by atoms with E-state index in [2.05, 4.69) is 21.5 Å². The summed E-state index contributed by atoms with van der Waals surface area (Å²) < 4.78 is 15.9. The standard InChI is InChI=1S/C15H19N3O3/c1-19-9-7-16-10-14-17-15(18-21-14)12-6-8-20-13-5-3-2-4-11(12)13/h2-5,12,16H,6-10H2,1H3. The highest BCUT2D eigenvalue weighted by Gasteiger charge is 2.26. The summed E-state index contributed by atoms with van der Waals surface area (Å²) in [4.78, 5) is 4.49. The fraction of sp³-hybridized carbons (Fsp3) is 0.467. The van der Waals surface area contributed by atoms with Crippen LogP contribution in [0.1, 0.15) is 29.6 Å². The molecule has 1 aromatic heterocycles. The second kappa shape index (κ2) is 6.69. The SMILES string of the molecule is COCCNCc1nc(C2CCOc3ccccc32)no1. The molecule has 21 heavy (non-hydrogen) atoms. The van der Waals surface area contributed by atoms with E-state index in [-0.39, 0.29) is 5.92 Å². The number of nitrogens with zero attached hydrogens (tertiary/aromatic N) is 2. The van der Waals surface area contributed by atoms with Crippen LogP contribution in [0.15, 0.2) is 28.8 Å². The highest BCUT2D eigenvalue weighted by molar-refractivity contribution is 5.40. The van der Waals surface area contributed by atoms with Gasteiger partial charge in [-0.1, -0.05) is 23.4 Å². The molecule has 1 N–H and O–H groups in total. The largest absolute Gasteiger partial charge is 0.493 e. The van der Waals surface area contributed by atoms with Gasteiger partial charge in [-0.25, -0.2) is 0 Å². The first kappa shape index (κ1) is 14.0. The average Bonchev–Trinajstić information content (AvgIpc) is 3.00. The van der Waals surface area contributed by atoms with Crippen molar-refractivity contribution in [3.63, 3.8) is 0 Å². The predicted octanol–water partition coefficient (Wildman–Crippen LogP) is 1.72. The number of rotatable bonds is 6. The molecule has 0 radical (unpaired) electrons. The van der Waals surface area contributed by atoms with Crippen LogP contribution in [-0.2, 0) is 11.3 Å². The molecule has 0 aliphatic carbocycles. The minimum atomic E-state index is 0.145. The van der Waals surface area contributed by atoms with E-state index in [1.54, 1.807) is 7.11 Å². The lowest BCUT2D eigenvalue weighted by Crippen LogP contribution is -2.19. The van der Waals surface area contributed by atoms with Crippen LogP contribution in [0, 0.1) is 0 Å². The average molecular weight is 289 g/mol. The summed E-state index contributed by atoms with van der Waals surface area (Å²) in [6, 6.07) is 8.03. The van der Waals surface area contributed by atoms with Crippen LogP contribution < -0.4 is 10.1 Å². The summed E-state index contributed by atoms with van der Waals surface area (Å²) in [5.74, 6) is 2.39. The molecule has 1 unspecified atom stereocenters. The summed E-state index contributed by atoms with van der Waals surface area (Å²) in [6.45, 7) is 2.65. The Morgan fingerprint density at radius 1 is 1.38 bits per heavy atom. The quantitative estimate of drug-likeness (QED) is 0.817. The summed E-state index contributed by atoms with van der Waals surface area (Å²) in [5.41, 5.74) is 1.13. The molecule has 1 atom stereocenters. The van der Waals surface area contributed by atoms with Crippen molar-refractivity contribution in [2.24, 2.45) is 0 Å². The molecular formula is C15H19N3O3. The molecule has 0 saturated carbocycles. The molecule has 0 spiro atoms. The third-order valence-corrected chi connectivity index (χ3v) is 3.51. The highest BCUT2D eigenvalue weighted by atomic mass is 16.5. The number of nitrogens with one attached hydrogen (secondary N) is 1. The first-order valence-corrected chi connectivity index (χ1v) is 7.12. The van der Waals surface area contributed by atoms with Crippen molar-refractivity contribution in [2.45, 2.75) is 18.9 Å². The zero-order chi connectivity index (χ0) is 14.5. The minimum absolute atomic E-state index is 0.145. The van der Waals surface area contributed by atoms with Gasteiger partial charge >= 0.3 is 0 Å². The topological polar surface area (TPSA) is 69.4 Å². The number of para-hydroxylation sites is 1. The van der Waals surface area contributed by atoms with Gasteiger partial charge in [0.25, 0.3) is 0 Å². The molecule has 0 fully saturated rings. The molecule has 6 heteroatoms. The van der Waals surface area contributed by atoms with Gasteiger partial charge in [0.15, 0.2) is 5.82 Å². The van der Waals surface area contributed by atoms with Crippen molar-refractivity contribution < 1.29 is 14.0 Å². The summed E-state index contributed by atoms with van der Waals surface area (Å²) in [7, 11) is 1.68. The van der Waals surface area contributed by atoms with Crippen molar-refractivity contribution in [2.75, 3.05) is 26.9 Å². The Kier molecular flexibility index (Phi) is 4.47. The van der Waals surface area contributed by atoms with E-state index in [4.69, 9.17) is 14.0 Å². The first-order chi connectivity index (χ1) is 10.4. The zero-order valence-corrected chi connectivity index (χ0v) is 12.0. The predicted molar refractivity (Wildman–Crippen MR) is 76.3 cm³/mol. The smallest absolute Gasteiger partial charge is 0.240 e. The van der Waals surface area contributed by atoms with E-state index in [0.29, 0.717) is 25.6 Å². The summed E-state index contributed by atoms with van der Waals surface area (Å²) in [5, 5.41) is 7.32. The molecule has 2 aromatic rings. The van der Waals surface area contributed by atoms with E-state index in [9.17, 15) is 0 Å². The van der Waals surface area contributed by atoms with Crippen LogP contribution >= 0.6 is 0 Å². The Labute approximate surface area is 123 Å². The van der Waals surface area contributed by atoms with Crippen LogP contribution in [0.5, 0.6) is 5.75 Å². The number of aromatic nitrogens is 2. The van der Waals surface area contributed by atoms with Crippen LogP contribution in [0.4, 0.5) is 0 Å². The lowest BCUT2D eigenvalue weighted by atomic mass is 9.92. The molecule has 0 bridgehead atoms. The molecular weight excluding hydrogens is 270 g/mol. The van der Waals surface area contributed by atoms with E-state index < -0.39 is 0 Å². The Morgan fingerprint density at radius 3 is 3.19 bits per heavy atom. The maximum absolute atomic E-state index is 5.66. The Bertz CT molecular complexity index is 585. The van der Waals surface area contributed by atoms with E-state index in [1.807, 2.05) is 18.2 Å². The lowest BCUT2D eigenvalue weighted by molar-refractivity contribution is 0.197. The number of hydrogen-bond donors (Lipinski definition) is 1. The second-order valence-electron chi connectivity index (χ2n) is 4.94. The van der Waals surface area contributed by atoms with Gasteiger partial charge in [-0.2, -0.15) is 4.98 Å². The van der Waals surface area contributed by atoms with Crippen molar-refractivity contribution in [1.29, 1.82) is 0 Å². The molecule has 3 rings (SSSR count). The van der Waals surface area contributed by atoms with Crippen LogP contribution in [0.3, 0.4) is 0 Å². The fourth-order valence-corrected chi connectivity index (χ4v) is 2.46. The monoisotopic (exact) mass is 289 g/mol. The molecule has 0 saturated heterocycles. The van der Waals surface area contributed by atoms with Crippen molar-refractivity contribution in [3.05, 3.63) is 41.5 Å². The molecule has 1 aliphatic heterocycles. The normalized spacial score (nSPS) is 17.3. The van der Waals surface area contributed by atoms with Gasteiger partial charge in [0.1, 0.15) is 5.75 Å². The van der Waals surface area contributed by atoms with Crippen LogP contribution in [-0.4, -0.2) is 37.0 Å². The van der Waals surface area contributed by atoms with E-state index >= 15 is 0 Å². The third kappa shape index (κ3) is 3.22. The fourth-order valence-electron chi connectivity index (χ4n) is 2.46. The van der Waals surface area contributed by atoms with Crippen molar-refractivity contribution >= 4 is 0 Å². The highest BCUT2D eigenvalue weighted by Crippen LogP contribution is 2.36. The van der Waals surface area contributed by atoms with Gasteiger partial charge in [0.2, 0.25) is 5.89 Å². The Balaban J connectivity index is 1.69. The van der Waals surface area contributed by atoms with Gasteiger partial charge in [-0.15, -0.1) is 0 Å². The van der Waals surface area contributed by atoms with E-state index in [1.165, 1.54) is 0 Å². The summed E-state index contributed by atoms with van der Waals surface area (Å²) >= 11 is 0. The van der Waals surface area contributed by atoms with Gasteiger partial charge in [-0.3, -0.25) is 0 Å². The lowest BCUT2D eigenvalue weighted by Gasteiger charge is -2.23. The van der Waals surface area contributed by atoms with Gasteiger partial charge in [-0.05, 0) is 12.5 Å². The number of hydrogen-bond acceptors (Lipinski definition) is 6. The minimum Gasteiger partial charge on any atom is -0.493 e. The Hall–Kier alpha value is -1.92. The maximum Gasteiger partial charge on any atom is 0.240 e. The van der Waals surface area contributed by atoms with E-state index in [0.717, 1.165) is 30.1 Å². The van der Waals surface area contributed by atoms with Gasteiger partial charge < -0.3 is 19.3 Å². The number of ether oxygens (including phenoxy) is 2. The van der Waals surface area contributed by atoms with Crippen molar-refractivity contribution in [1.82, 2.24) is 15.5 Å². The van der Waals surface area contributed by atoms with Gasteiger partial charge in [0.05, 0.1) is 25.7 Å². The van der Waals surface area contributed by atoms with Crippen molar-refractivity contribution in [3.8, 4) is 5.75 Å².